The highest BCUT2D eigenvalue weighted by Gasteiger charge is 2.10. The first-order valence-corrected chi connectivity index (χ1v) is 10.5. The Kier molecular flexibility index (Phi) is 10.3. The van der Waals surface area contributed by atoms with Gasteiger partial charge in [-0.1, -0.05) is 81.3 Å². The molecule has 0 saturated carbocycles. The second-order valence-corrected chi connectivity index (χ2v) is 7.18. The number of hydrogen-bond donors (Lipinski definition) is 2. The fraction of sp³-hybridized carbons (Fsp3) is 0.591. The summed E-state index contributed by atoms with van der Waals surface area (Å²) in [7, 11) is 0. The van der Waals surface area contributed by atoms with E-state index in [9.17, 15) is 4.79 Å². The molecular formula is C22H33N3O3. The zero-order valence-corrected chi connectivity index (χ0v) is 17.0. The van der Waals surface area contributed by atoms with Gasteiger partial charge in [0, 0.05) is 12.0 Å². The first kappa shape index (κ1) is 22.1. The van der Waals surface area contributed by atoms with E-state index in [1.54, 1.807) is 0 Å². The molecule has 1 amide bonds. The van der Waals surface area contributed by atoms with Crippen LogP contribution < -0.4 is 5.32 Å². The lowest BCUT2D eigenvalue weighted by atomic mass is 10.0. The molecule has 1 heterocycles. The number of carbonyl (C=O) groups excluding carboxylic acids is 1. The van der Waals surface area contributed by atoms with E-state index in [0.717, 1.165) is 12.0 Å². The van der Waals surface area contributed by atoms with Crippen LogP contribution in [-0.4, -0.2) is 27.8 Å². The minimum absolute atomic E-state index is 0.0707. The molecule has 2 aromatic rings. The smallest absolute Gasteiger partial charge is 0.246 e. The number of unbranched alkanes of at least 4 members (excludes halogenated alkanes) is 7. The summed E-state index contributed by atoms with van der Waals surface area (Å²) in [6.07, 6.45) is 11.8. The van der Waals surface area contributed by atoms with E-state index >= 15 is 0 Å². The molecule has 6 heteroatoms. The number of nitrogens with one attached hydrogen (secondary N) is 1. The molecule has 0 unspecified atom stereocenters. The standard InChI is InChI=1S/C22H33N3O3/c1-2-3-4-5-6-7-8-9-10-18-11-13-19(14-12-18)22-24-21(28-25-22)17-23-20(27)15-16-26/h11-14,26H,2-10,15-17H2,1H3,(H,23,27). The molecule has 1 aromatic heterocycles. The third-order valence-corrected chi connectivity index (χ3v) is 4.77. The zero-order chi connectivity index (χ0) is 20.0. The van der Waals surface area contributed by atoms with Gasteiger partial charge in [-0.25, -0.2) is 0 Å². The van der Waals surface area contributed by atoms with Gasteiger partial charge in [0.05, 0.1) is 13.2 Å². The maximum absolute atomic E-state index is 11.4. The van der Waals surface area contributed by atoms with Crippen LogP contribution in [0.2, 0.25) is 0 Å². The Morgan fingerprint density at radius 2 is 1.71 bits per heavy atom. The van der Waals surface area contributed by atoms with Crippen molar-refractivity contribution >= 4 is 5.91 Å². The van der Waals surface area contributed by atoms with Crippen LogP contribution in [0, 0.1) is 0 Å². The van der Waals surface area contributed by atoms with Crippen molar-refractivity contribution in [3.8, 4) is 11.4 Å². The molecule has 0 atom stereocenters. The highest BCUT2D eigenvalue weighted by atomic mass is 16.5. The van der Waals surface area contributed by atoms with E-state index in [0.29, 0.717) is 11.7 Å². The maximum atomic E-state index is 11.4. The van der Waals surface area contributed by atoms with Crippen LogP contribution in [0.1, 0.15) is 76.2 Å². The van der Waals surface area contributed by atoms with E-state index in [-0.39, 0.29) is 25.5 Å². The molecule has 0 aliphatic rings. The molecule has 0 aliphatic heterocycles. The van der Waals surface area contributed by atoms with Crippen molar-refractivity contribution in [2.45, 2.75) is 77.7 Å². The first-order valence-electron chi connectivity index (χ1n) is 10.5. The number of rotatable bonds is 14. The number of aliphatic hydroxyl groups excluding tert-OH is 1. The van der Waals surface area contributed by atoms with Crippen molar-refractivity contribution in [1.82, 2.24) is 15.5 Å². The number of aryl methyl sites for hydroxylation is 1. The second kappa shape index (κ2) is 13.0. The Balaban J connectivity index is 1.70. The van der Waals surface area contributed by atoms with Crippen LogP contribution in [0.4, 0.5) is 0 Å². The molecule has 6 nitrogen and oxygen atoms in total. The number of amides is 1. The molecule has 0 spiro atoms. The number of hydrogen-bond acceptors (Lipinski definition) is 5. The normalized spacial score (nSPS) is 10.9. The fourth-order valence-corrected chi connectivity index (χ4v) is 3.09. The summed E-state index contributed by atoms with van der Waals surface area (Å²) >= 11 is 0. The minimum atomic E-state index is -0.243. The summed E-state index contributed by atoms with van der Waals surface area (Å²) in [6, 6.07) is 8.27. The molecule has 2 N–H and O–H groups in total. The van der Waals surface area contributed by atoms with E-state index in [1.807, 2.05) is 12.1 Å². The molecule has 0 bridgehead atoms. The van der Waals surface area contributed by atoms with Gasteiger partial charge >= 0.3 is 0 Å². The first-order chi connectivity index (χ1) is 13.7. The van der Waals surface area contributed by atoms with Crippen LogP contribution in [0.3, 0.4) is 0 Å². The average Bonchev–Trinajstić information content (AvgIpc) is 3.18. The van der Waals surface area contributed by atoms with Gasteiger partial charge in [-0.15, -0.1) is 0 Å². The molecule has 0 fully saturated rings. The SMILES string of the molecule is CCCCCCCCCCc1ccc(-c2noc(CNC(=O)CCO)n2)cc1. The fourth-order valence-electron chi connectivity index (χ4n) is 3.09. The summed E-state index contributed by atoms with van der Waals surface area (Å²) in [6.45, 7) is 2.25. The van der Waals surface area contributed by atoms with Crippen LogP contribution >= 0.6 is 0 Å². The molecule has 28 heavy (non-hydrogen) atoms. The zero-order valence-electron chi connectivity index (χ0n) is 17.0. The van der Waals surface area contributed by atoms with Gasteiger partial charge in [0.25, 0.3) is 0 Å². The molecule has 0 saturated heterocycles. The Labute approximate surface area is 167 Å². The van der Waals surface area contributed by atoms with Gasteiger partial charge < -0.3 is 14.9 Å². The number of aromatic nitrogens is 2. The highest BCUT2D eigenvalue weighted by molar-refractivity contribution is 5.75. The van der Waals surface area contributed by atoms with Gasteiger partial charge in [-0.2, -0.15) is 4.98 Å². The molecule has 0 aliphatic carbocycles. The Morgan fingerprint density at radius 3 is 2.39 bits per heavy atom. The average molecular weight is 388 g/mol. The third-order valence-electron chi connectivity index (χ3n) is 4.77. The van der Waals surface area contributed by atoms with Crippen LogP contribution in [0.25, 0.3) is 11.4 Å². The Morgan fingerprint density at radius 1 is 1.04 bits per heavy atom. The quantitative estimate of drug-likeness (QED) is 0.469. The lowest BCUT2D eigenvalue weighted by molar-refractivity contribution is -0.122. The predicted octanol–water partition coefficient (Wildman–Crippen LogP) is 4.42. The van der Waals surface area contributed by atoms with Gasteiger partial charge in [0.2, 0.25) is 17.6 Å². The number of aliphatic hydroxyl groups is 1. The topological polar surface area (TPSA) is 88.2 Å². The van der Waals surface area contributed by atoms with Crippen molar-refractivity contribution in [3.63, 3.8) is 0 Å². The number of nitrogens with zero attached hydrogens (tertiary/aromatic N) is 2. The van der Waals surface area contributed by atoms with Crippen LogP contribution in [0.5, 0.6) is 0 Å². The van der Waals surface area contributed by atoms with E-state index in [2.05, 4.69) is 34.5 Å². The molecular weight excluding hydrogens is 354 g/mol. The number of benzene rings is 1. The Bertz CT molecular complexity index is 683. The van der Waals surface area contributed by atoms with E-state index in [1.165, 1.54) is 56.9 Å². The van der Waals surface area contributed by atoms with Crippen LogP contribution in [0.15, 0.2) is 28.8 Å². The van der Waals surface area contributed by atoms with Gasteiger partial charge in [-0.3, -0.25) is 4.79 Å². The Hall–Kier alpha value is -2.21. The highest BCUT2D eigenvalue weighted by Crippen LogP contribution is 2.18. The van der Waals surface area contributed by atoms with Gasteiger partial charge in [0.1, 0.15) is 0 Å². The predicted molar refractivity (Wildman–Crippen MR) is 110 cm³/mol. The van der Waals surface area contributed by atoms with Gasteiger partial charge in [0.15, 0.2) is 0 Å². The van der Waals surface area contributed by atoms with Crippen molar-refractivity contribution in [2.75, 3.05) is 6.61 Å². The van der Waals surface area contributed by atoms with Gasteiger partial charge in [-0.05, 0) is 18.4 Å². The molecule has 2 rings (SSSR count). The molecule has 0 radical (unpaired) electrons. The van der Waals surface area contributed by atoms with E-state index < -0.39 is 0 Å². The maximum Gasteiger partial charge on any atom is 0.246 e. The van der Waals surface area contributed by atoms with Crippen molar-refractivity contribution in [3.05, 3.63) is 35.7 Å². The minimum Gasteiger partial charge on any atom is -0.396 e. The van der Waals surface area contributed by atoms with Crippen molar-refractivity contribution in [2.24, 2.45) is 0 Å². The number of carbonyl (C=O) groups is 1. The largest absolute Gasteiger partial charge is 0.396 e. The summed E-state index contributed by atoms with van der Waals surface area (Å²) in [5, 5.41) is 15.3. The summed E-state index contributed by atoms with van der Waals surface area (Å²) in [4.78, 5) is 15.7. The summed E-state index contributed by atoms with van der Waals surface area (Å²) in [5.41, 5.74) is 2.23. The third kappa shape index (κ3) is 8.21. The second-order valence-electron chi connectivity index (χ2n) is 7.18. The monoisotopic (exact) mass is 387 g/mol. The summed E-state index contributed by atoms with van der Waals surface area (Å²) < 4.78 is 5.17. The van der Waals surface area contributed by atoms with E-state index in [4.69, 9.17) is 9.63 Å². The summed E-state index contributed by atoms with van der Waals surface area (Å²) in [5.74, 6) is 0.627. The lowest BCUT2D eigenvalue weighted by Crippen LogP contribution is -2.23. The van der Waals surface area contributed by atoms with Crippen LogP contribution in [-0.2, 0) is 17.8 Å². The molecule has 1 aromatic carbocycles. The van der Waals surface area contributed by atoms with Crippen molar-refractivity contribution < 1.29 is 14.4 Å². The molecule has 154 valence electrons. The van der Waals surface area contributed by atoms with Crippen molar-refractivity contribution in [1.29, 1.82) is 0 Å². The lowest BCUT2D eigenvalue weighted by Gasteiger charge is -2.03.